The minimum absolute atomic E-state index is 0.0734. The predicted molar refractivity (Wildman–Crippen MR) is 165 cm³/mol. The van der Waals surface area contributed by atoms with Gasteiger partial charge in [0.25, 0.3) is 11.8 Å². The van der Waals surface area contributed by atoms with Crippen molar-refractivity contribution in [3.63, 3.8) is 0 Å². The molecule has 0 atom stereocenters. The number of methoxy groups -OCH3 is 1. The van der Waals surface area contributed by atoms with Crippen LogP contribution in [0.3, 0.4) is 0 Å². The number of ether oxygens (including phenoxy) is 2. The van der Waals surface area contributed by atoms with Crippen molar-refractivity contribution in [2.45, 2.75) is 46.1 Å². The van der Waals surface area contributed by atoms with Crippen LogP contribution in [0.1, 0.15) is 58.9 Å². The lowest BCUT2D eigenvalue weighted by Gasteiger charge is -2.32. The minimum Gasteiger partial charge on any atom is -0.458 e. The van der Waals surface area contributed by atoms with Crippen molar-refractivity contribution in [2.75, 3.05) is 33.4 Å². The number of nitrogens with one attached hydrogen (secondary N) is 1. The van der Waals surface area contributed by atoms with E-state index < -0.39 is 0 Å². The maximum Gasteiger partial charge on any atom is 0.253 e. The summed E-state index contributed by atoms with van der Waals surface area (Å²) in [4.78, 5) is 27.7. The molecule has 0 saturated carbocycles. The van der Waals surface area contributed by atoms with Crippen LogP contribution < -0.4 is 10.1 Å². The smallest absolute Gasteiger partial charge is 0.253 e. The van der Waals surface area contributed by atoms with Crippen molar-refractivity contribution in [1.82, 2.24) is 20.0 Å². The van der Waals surface area contributed by atoms with Gasteiger partial charge in [0.05, 0.1) is 12.1 Å². The van der Waals surface area contributed by atoms with E-state index in [0.29, 0.717) is 30.2 Å². The number of carbonyl (C=O) groups excluding carboxylic acids is 2. The average molecular weight is 569 g/mol. The zero-order valence-corrected chi connectivity index (χ0v) is 24.8. The Morgan fingerprint density at radius 1 is 1.02 bits per heavy atom. The van der Waals surface area contributed by atoms with Crippen LogP contribution in [0.15, 0.2) is 78.2 Å². The molecule has 2 aromatic carbocycles. The fourth-order valence-corrected chi connectivity index (χ4v) is 5.51. The van der Waals surface area contributed by atoms with Crippen LogP contribution >= 0.6 is 0 Å². The molecule has 2 amide bonds. The number of rotatable bonds is 10. The molecule has 42 heavy (non-hydrogen) atoms. The van der Waals surface area contributed by atoms with Gasteiger partial charge in [-0.05, 0) is 99.6 Å². The molecule has 2 aliphatic rings. The van der Waals surface area contributed by atoms with Crippen molar-refractivity contribution in [3.8, 4) is 5.75 Å². The Morgan fingerprint density at radius 3 is 2.57 bits per heavy atom. The third kappa shape index (κ3) is 7.18. The zero-order valence-electron chi connectivity index (χ0n) is 24.8. The van der Waals surface area contributed by atoms with Gasteiger partial charge in [0.1, 0.15) is 11.5 Å². The molecule has 220 valence electrons. The highest BCUT2D eigenvalue weighted by Crippen LogP contribution is 2.26. The lowest BCUT2D eigenvalue weighted by atomic mass is 9.93. The second kappa shape index (κ2) is 13.7. The normalized spacial score (nSPS) is 15.7. The Hall–Kier alpha value is -4.17. The summed E-state index contributed by atoms with van der Waals surface area (Å²) in [6.45, 7) is 7.33. The van der Waals surface area contributed by atoms with Gasteiger partial charge in [0.15, 0.2) is 0 Å². The first-order valence-corrected chi connectivity index (χ1v) is 14.8. The van der Waals surface area contributed by atoms with E-state index in [1.807, 2.05) is 71.3 Å². The summed E-state index contributed by atoms with van der Waals surface area (Å²) < 4.78 is 13.0. The van der Waals surface area contributed by atoms with E-state index >= 15 is 0 Å². The van der Waals surface area contributed by atoms with Crippen LogP contribution in [0, 0.1) is 12.8 Å². The topological polar surface area (TPSA) is 85.7 Å². The van der Waals surface area contributed by atoms with Crippen LogP contribution in [0.25, 0.3) is 10.9 Å². The van der Waals surface area contributed by atoms with E-state index in [4.69, 9.17) is 14.6 Å². The number of hydrogen-bond acceptors (Lipinski definition) is 5. The summed E-state index contributed by atoms with van der Waals surface area (Å²) in [6.07, 6.45) is 14.1. The molecular formula is C34H40N4O4. The number of nitrogens with zero attached hydrogens (tertiary/aromatic N) is 3. The highest BCUT2D eigenvalue weighted by atomic mass is 16.5. The molecular weight excluding hydrogens is 528 g/mol. The van der Waals surface area contributed by atoms with Gasteiger partial charge >= 0.3 is 0 Å². The fraction of sp³-hybridized carbons (Fsp3) is 0.382. The first-order chi connectivity index (χ1) is 20.4. The minimum atomic E-state index is -0.0949. The standard InChI is InChI=1S/C34H40N4O4/c1-24-5-4-6-28(10-7-24)42-29-11-8-27(9-12-29)34(40)37-19-15-26(16-20-37)17-21-38-23-31-25(2)30(13-14-32(31)36-38)33(39)35-18-22-41-3/h5-14,23,26H,4,15-22H2,1-3H3,(H,35,39). The largest absolute Gasteiger partial charge is 0.458 e. The van der Waals surface area contributed by atoms with Crippen molar-refractivity contribution < 1.29 is 19.1 Å². The number of aromatic nitrogens is 2. The number of likely N-dealkylation sites (tertiary alicyclic amines) is 1. The summed E-state index contributed by atoms with van der Waals surface area (Å²) in [5.41, 5.74) is 4.40. The number of allylic oxidation sites excluding steroid dienone is 5. The maximum absolute atomic E-state index is 13.2. The van der Waals surface area contributed by atoms with Crippen LogP contribution in [0.4, 0.5) is 0 Å². The monoisotopic (exact) mass is 568 g/mol. The quantitative estimate of drug-likeness (QED) is 0.311. The fourth-order valence-electron chi connectivity index (χ4n) is 5.51. The average Bonchev–Trinajstić information content (AvgIpc) is 3.32. The maximum atomic E-state index is 13.2. The van der Waals surface area contributed by atoms with E-state index in [1.165, 1.54) is 5.57 Å². The molecule has 0 radical (unpaired) electrons. The van der Waals surface area contributed by atoms with E-state index in [9.17, 15) is 9.59 Å². The van der Waals surface area contributed by atoms with Crippen molar-refractivity contribution in [1.29, 1.82) is 0 Å². The molecule has 1 fully saturated rings. The Balaban J connectivity index is 1.10. The summed E-state index contributed by atoms with van der Waals surface area (Å²) in [5, 5.41) is 8.64. The van der Waals surface area contributed by atoms with Gasteiger partial charge in [0.2, 0.25) is 0 Å². The lowest BCUT2D eigenvalue weighted by Crippen LogP contribution is -2.38. The van der Waals surface area contributed by atoms with Gasteiger partial charge in [-0.2, -0.15) is 5.10 Å². The summed E-state index contributed by atoms with van der Waals surface area (Å²) in [7, 11) is 1.62. The van der Waals surface area contributed by atoms with Gasteiger partial charge in [-0.1, -0.05) is 17.7 Å². The number of benzene rings is 2. The molecule has 0 spiro atoms. The lowest BCUT2D eigenvalue weighted by molar-refractivity contribution is 0.0684. The number of fused-ring (bicyclic) bond motifs is 1. The SMILES string of the molecule is COCCNC(=O)c1ccc2nn(CCC3CCN(C(=O)c4ccc(OC5=CCC=C(C)C=C5)cc4)CC3)cc2c1C. The molecule has 1 N–H and O–H groups in total. The molecule has 3 aromatic rings. The highest BCUT2D eigenvalue weighted by molar-refractivity contribution is 6.00. The summed E-state index contributed by atoms with van der Waals surface area (Å²) in [5.74, 6) is 2.06. The zero-order chi connectivity index (χ0) is 29.5. The van der Waals surface area contributed by atoms with Gasteiger partial charge < -0.3 is 19.7 Å². The Bertz CT molecular complexity index is 1510. The molecule has 8 heteroatoms. The van der Waals surface area contributed by atoms with Gasteiger partial charge in [-0.15, -0.1) is 0 Å². The number of hydrogen-bond donors (Lipinski definition) is 1. The number of carbonyl (C=O) groups is 2. The van der Waals surface area contributed by atoms with Crippen molar-refractivity contribution in [2.24, 2.45) is 5.92 Å². The highest BCUT2D eigenvalue weighted by Gasteiger charge is 2.24. The molecule has 0 unspecified atom stereocenters. The van der Waals surface area contributed by atoms with Crippen molar-refractivity contribution >= 4 is 22.7 Å². The molecule has 1 aromatic heterocycles. The first kappa shape index (κ1) is 29.3. The summed E-state index contributed by atoms with van der Waals surface area (Å²) >= 11 is 0. The van der Waals surface area contributed by atoms with E-state index in [2.05, 4.69) is 24.4 Å². The molecule has 5 rings (SSSR count). The molecule has 0 bridgehead atoms. The number of piperidine rings is 1. The van der Waals surface area contributed by atoms with Gasteiger partial charge in [-0.25, -0.2) is 0 Å². The Kier molecular flexibility index (Phi) is 9.54. The second-order valence-electron chi connectivity index (χ2n) is 11.1. The van der Waals surface area contributed by atoms with E-state index in [1.54, 1.807) is 7.11 Å². The van der Waals surface area contributed by atoms with Crippen LogP contribution in [-0.2, 0) is 11.3 Å². The van der Waals surface area contributed by atoms with Gasteiger partial charge in [-0.3, -0.25) is 14.3 Å². The molecule has 1 saturated heterocycles. The van der Waals surface area contributed by atoms with Crippen LogP contribution in [-0.4, -0.2) is 59.8 Å². The van der Waals surface area contributed by atoms with Gasteiger partial charge in [0, 0.05) is 56.0 Å². The molecule has 1 aliphatic carbocycles. The van der Waals surface area contributed by atoms with Crippen molar-refractivity contribution in [3.05, 3.63) is 94.9 Å². The Labute approximate surface area is 247 Å². The third-order valence-electron chi connectivity index (χ3n) is 8.12. The first-order valence-electron chi connectivity index (χ1n) is 14.8. The predicted octanol–water partition coefficient (Wildman–Crippen LogP) is 5.83. The van der Waals surface area contributed by atoms with Crippen LogP contribution in [0.2, 0.25) is 0 Å². The van der Waals surface area contributed by atoms with E-state index in [-0.39, 0.29) is 11.8 Å². The number of amides is 2. The second-order valence-corrected chi connectivity index (χ2v) is 11.1. The molecule has 1 aliphatic heterocycles. The van der Waals surface area contributed by atoms with Crippen LogP contribution in [0.5, 0.6) is 5.75 Å². The number of aryl methyl sites for hydroxylation is 2. The third-order valence-corrected chi connectivity index (χ3v) is 8.12. The molecule has 2 heterocycles. The van der Waals surface area contributed by atoms with E-state index in [0.717, 1.165) is 73.3 Å². The Morgan fingerprint density at radius 2 is 1.81 bits per heavy atom. The molecule has 8 nitrogen and oxygen atoms in total. The summed E-state index contributed by atoms with van der Waals surface area (Å²) in [6, 6.07) is 11.2.